The van der Waals surface area contributed by atoms with Crippen molar-refractivity contribution in [2.45, 2.75) is 18.0 Å². The van der Waals surface area contributed by atoms with E-state index < -0.39 is 29.7 Å². The molecule has 0 atom stereocenters. The van der Waals surface area contributed by atoms with Crippen LogP contribution < -0.4 is 4.74 Å². The highest BCUT2D eigenvalue weighted by molar-refractivity contribution is 6.30. The summed E-state index contributed by atoms with van der Waals surface area (Å²) in [6.07, 6.45) is -12.5. The number of hydrogen-bond donors (Lipinski definition) is 1. The van der Waals surface area contributed by atoms with Crippen molar-refractivity contribution in [1.82, 2.24) is 0 Å². The van der Waals surface area contributed by atoms with Crippen LogP contribution in [0.5, 0.6) is 5.75 Å². The van der Waals surface area contributed by atoms with Crippen molar-refractivity contribution >= 4 is 17.6 Å². The second-order valence-corrected chi connectivity index (χ2v) is 5.55. The Bertz CT molecular complexity index is 768. The molecule has 0 saturated carbocycles. The topological polar surface area (TPSA) is 46.5 Å². The fourth-order valence-corrected chi connectivity index (χ4v) is 2.22. The number of carbonyl (C=O) groups is 1. The number of alkyl halides is 6. The number of halogens is 7. The molecule has 2 aromatic carbocycles. The van der Waals surface area contributed by atoms with E-state index in [0.29, 0.717) is 16.1 Å². The molecule has 0 aliphatic carbocycles. The minimum atomic E-state index is -6.23. The summed E-state index contributed by atoms with van der Waals surface area (Å²) in [5.41, 5.74) is -4.33. The van der Waals surface area contributed by atoms with Gasteiger partial charge in [0.1, 0.15) is 5.75 Å². The number of carboxylic acids is 1. The van der Waals surface area contributed by atoms with Crippen molar-refractivity contribution in [2.24, 2.45) is 0 Å². The zero-order valence-corrected chi connectivity index (χ0v) is 13.3. The molecule has 0 spiro atoms. The molecule has 0 aliphatic rings. The number of hydrogen-bond acceptors (Lipinski definition) is 2. The van der Waals surface area contributed by atoms with Gasteiger partial charge >= 0.3 is 23.9 Å². The first-order chi connectivity index (χ1) is 11.9. The van der Waals surface area contributed by atoms with Gasteiger partial charge in [0, 0.05) is 5.02 Å². The molecule has 0 heterocycles. The van der Waals surface area contributed by atoms with Crippen LogP contribution in [0.2, 0.25) is 5.02 Å². The lowest BCUT2D eigenvalue weighted by atomic mass is 10.0. The van der Waals surface area contributed by atoms with Crippen molar-refractivity contribution in [3.63, 3.8) is 0 Å². The Hall–Kier alpha value is -2.42. The van der Waals surface area contributed by atoms with Crippen LogP contribution in [0.4, 0.5) is 26.3 Å². The largest absolute Gasteiger partial charge is 0.478 e. The first-order valence-electron chi connectivity index (χ1n) is 6.80. The summed E-state index contributed by atoms with van der Waals surface area (Å²) < 4.78 is 81.6. The maximum absolute atomic E-state index is 13.0. The third kappa shape index (κ3) is 3.57. The van der Waals surface area contributed by atoms with E-state index in [1.165, 1.54) is 12.1 Å². The van der Waals surface area contributed by atoms with Crippen molar-refractivity contribution in [2.75, 3.05) is 0 Å². The smallest absolute Gasteiger partial charge is 0.449 e. The molecule has 0 aliphatic heterocycles. The highest BCUT2D eigenvalue weighted by Crippen LogP contribution is 2.46. The standard InChI is InChI=1S/C16H9ClF6O3/c17-11-5-1-9(2-6-11)10-3-7-12(8-4-10)26-14(13(24)25,15(18,19)20)16(21,22)23/h1-8H,(H,24,25). The second-order valence-electron chi connectivity index (χ2n) is 5.12. The normalized spacial score (nSPS) is 12.7. The quantitative estimate of drug-likeness (QED) is 0.708. The Kier molecular flexibility index (Phi) is 5.14. The fraction of sp³-hybridized carbons (Fsp3) is 0.188. The lowest BCUT2D eigenvalue weighted by molar-refractivity contribution is -0.345. The molecule has 2 aromatic rings. The molecule has 0 radical (unpaired) electrons. The maximum atomic E-state index is 13.0. The average molecular weight is 399 g/mol. The van der Waals surface area contributed by atoms with E-state index in [0.717, 1.165) is 12.1 Å². The van der Waals surface area contributed by atoms with Crippen LogP contribution in [0.15, 0.2) is 48.5 Å². The summed E-state index contributed by atoms with van der Waals surface area (Å²) in [5, 5.41) is 9.08. The third-order valence-electron chi connectivity index (χ3n) is 3.40. The van der Waals surface area contributed by atoms with Gasteiger partial charge in [-0.15, -0.1) is 0 Å². The van der Waals surface area contributed by atoms with Gasteiger partial charge in [-0.05, 0) is 35.4 Å². The predicted octanol–water partition coefficient (Wildman–Crippen LogP) is 5.33. The summed E-state index contributed by atoms with van der Waals surface area (Å²) in [4.78, 5) is 10.9. The first kappa shape index (κ1) is 19.9. The molecule has 10 heteroatoms. The van der Waals surface area contributed by atoms with Crippen LogP contribution in [0.25, 0.3) is 11.1 Å². The van der Waals surface area contributed by atoms with E-state index in [1.807, 2.05) is 0 Å². The number of benzene rings is 2. The van der Waals surface area contributed by atoms with Crippen molar-refractivity contribution in [1.29, 1.82) is 0 Å². The number of carboxylic acid groups (broad SMARTS) is 1. The van der Waals surface area contributed by atoms with Crippen LogP contribution in [0.1, 0.15) is 0 Å². The molecule has 3 nitrogen and oxygen atoms in total. The molecule has 0 unspecified atom stereocenters. The summed E-state index contributed by atoms with van der Waals surface area (Å²) in [5.74, 6) is -4.11. The van der Waals surface area contributed by atoms with Gasteiger partial charge in [-0.2, -0.15) is 26.3 Å². The van der Waals surface area contributed by atoms with E-state index >= 15 is 0 Å². The monoisotopic (exact) mass is 398 g/mol. The molecule has 26 heavy (non-hydrogen) atoms. The molecule has 2 rings (SSSR count). The lowest BCUT2D eigenvalue weighted by Crippen LogP contribution is -2.66. The summed E-state index contributed by atoms with van der Waals surface area (Å²) in [6.45, 7) is 0. The highest BCUT2D eigenvalue weighted by atomic mass is 35.5. The van der Waals surface area contributed by atoms with Gasteiger partial charge in [0.05, 0.1) is 0 Å². The predicted molar refractivity (Wildman–Crippen MR) is 80.0 cm³/mol. The minimum Gasteiger partial charge on any atom is -0.478 e. The number of aliphatic carboxylic acids is 1. The fourth-order valence-electron chi connectivity index (χ4n) is 2.10. The van der Waals surface area contributed by atoms with Crippen molar-refractivity contribution in [3.8, 4) is 16.9 Å². The number of rotatable bonds is 4. The molecule has 0 aromatic heterocycles. The molecule has 0 saturated heterocycles. The van der Waals surface area contributed by atoms with E-state index in [-0.39, 0.29) is 0 Å². The SMILES string of the molecule is O=C(O)C(Oc1ccc(-c2ccc(Cl)cc2)cc1)(C(F)(F)F)C(F)(F)F. The van der Waals surface area contributed by atoms with Gasteiger partial charge in [-0.3, -0.25) is 0 Å². The molecule has 0 amide bonds. The molecular formula is C16H9ClF6O3. The van der Waals surface area contributed by atoms with Crippen LogP contribution in [0, 0.1) is 0 Å². The van der Waals surface area contributed by atoms with Gasteiger partial charge in [-0.1, -0.05) is 35.9 Å². The van der Waals surface area contributed by atoms with Crippen molar-refractivity contribution < 1.29 is 41.0 Å². The Morgan fingerprint density at radius 1 is 0.808 bits per heavy atom. The minimum absolute atomic E-state index is 0.440. The Morgan fingerprint density at radius 3 is 1.54 bits per heavy atom. The molecule has 140 valence electrons. The second kappa shape index (κ2) is 6.71. The van der Waals surface area contributed by atoms with Crippen LogP contribution in [-0.2, 0) is 4.79 Å². The summed E-state index contributed by atoms with van der Waals surface area (Å²) in [7, 11) is 0. The first-order valence-corrected chi connectivity index (χ1v) is 7.18. The summed E-state index contributed by atoms with van der Waals surface area (Å²) in [6, 6.07) is 10.3. The zero-order chi connectivity index (χ0) is 19.8. The Balaban J connectivity index is 2.41. The highest BCUT2D eigenvalue weighted by Gasteiger charge is 2.79. The van der Waals surface area contributed by atoms with E-state index in [2.05, 4.69) is 4.74 Å². The van der Waals surface area contributed by atoms with Crippen LogP contribution in [0.3, 0.4) is 0 Å². The Labute approximate surface area is 147 Å². The molecule has 0 bridgehead atoms. The van der Waals surface area contributed by atoms with E-state index in [9.17, 15) is 31.1 Å². The third-order valence-corrected chi connectivity index (χ3v) is 3.65. The summed E-state index contributed by atoms with van der Waals surface area (Å²) >= 11 is 5.72. The maximum Gasteiger partial charge on any atom is 0.449 e. The van der Waals surface area contributed by atoms with Crippen molar-refractivity contribution in [3.05, 3.63) is 53.6 Å². The van der Waals surface area contributed by atoms with Gasteiger partial charge in [0.2, 0.25) is 0 Å². The number of ether oxygens (including phenoxy) is 1. The lowest BCUT2D eigenvalue weighted by Gasteiger charge is -2.33. The molecular weight excluding hydrogens is 390 g/mol. The van der Waals surface area contributed by atoms with Gasteiger partial charge in [0.25, 0.3) is 0 Å². The van der Waals surface area contributed by atoms with Gasteiger partial charge in [-0.25, -0.2) is 4.79 Å². The van der Waals surface area contributed by atoms with Crippen LogP contribution >= 0.6 is 11.6 Å². The molecule has 0 fully saturated rings. The van der Waals surface area contributed by atoms with Crippen LogP contribution in [-0.4, -0.2) is 29.0 Å². The van der Waals surface area contributed by atoms with Gasteiger partial charge < -0.3 is 9.84 Å². The van der Waals surface area contributed by atoms with E-state index in [4.69, 9.17) is 16.7 Å². The Morgan fingerprint density at radius 2 is 1.19 bits per heavy atom. The zero-order valence-electron chi connectivity index (χ0n) is 12.5. The molecule has 1 N–H and O–H groups in total. The average Bonchev–Trinajstić information content (AvgIpc) is 2.51. The van der Waals surface area contributed by atoms with E-state index in [1.54, 1.807) is 24.3 Å². The van der Waals surface area contributed by atoms with Gasteiger partial charge in [0.15, 0.2) is 0 Å².